The first-order valence-electron chi connectivity index (χ1n) is 6.85. The molecule has 1 N–H and O–H groups in total. The van der Waals surface area contributed by atoms with Crippen molar-refractivity contribution in [2.45, 2.75) is 17.7 Å². The van der Waals surface area contributed by atoms with Crippen molar-refractivity contribution >= 4 is 63.3 Å². The van der Waals surface area contributed by atoms with Crippen LogP contribution in [0, 0.1) is 3.57 Å². The standard InChI is InChI=1S/C15H15IN2O3S2/c1-2-21-14(20)7-12-8-22-15(18-12)23-9-13(19)17-11-5-3-10(16)4-6-11/h3-6,8H,2,7,9H2,1H3,(H,17,19). The van der Waals surface area contributed by atoms with E-state index in [0.29, 0.717) is 12.3 Å². The number of esters is 1. The van der Waals surface area contributed by atoms with Crippen molar-refractivity contribution in [2.24, 2.45) is 0 Å². The highest BCUT2D eigenvalue weighted by Gasteiger charge is 2.10. The Balaban J connectivity index is 1.79. The number of halogens is 1. The lowest BCUT2D eigenvalue weighted by Crippen LogP contribution is -2.13. The summed E-state index contributed by atoms with van der Waals surface area (Å²) < 4.78 is 6.77. The Labute approximate surface area is 156 Å². The molecule has 2 aromatic rings. The van der Waals surface area contributed by atoms with Crippen molar-refractivity contribution in [1.29, 1.82) is 0 Å². The number of aromatic nitrogens is 1. The second-order valence-electron chi connectivity index (χ2n) is 4.43. The van der Waals surface area contributed by atoms with E-state index in [1.807, 2.05) is 29.6 Å². The fourth-order valence-electron chi connectivity index (χ4n) is 1.65. The number of thioether (sulfide) groups is 1. The highest BCUT2D eigenvalue weighted by Crippen LogP contribution is 2.23. The molecule has 0 radical (unpaired) electrons. The van der Waals surface area contributed by atoms with Gasteiger partial charge in [0.2, 0.25) is 5.91 Å². The van der Waals surface area contributed by atoms with Crippen molar-refractivity contribution in [2.75, 3.05) is 17.7 Å². The van der Waals surface area contributed by atoms with Crippen LogP contribution in [0.4, 0.5) is 5.69 Å². The molecule has 2 rings (SSSR count). The topological polar surface area (TPSA) is 68.3 Å². The lowest BCUT2D eigenvalue weighted by Gasteiger charge is -2.04. The van der Waals surface area contributed by atoms with Crippen molar-refractivity contribution < 1.29 is 14.3 Å². The number of hydrogen-bond donors (Lipinski definition) is 1. The fourth-order valence-corrected chi connectivity index (χ4v) is 3.66. The van der Waals surface area contributed by atoms with Gasteiger partial charge in [0, 0.05) is 14.6 Å². The van der Waals surface area contributed by atoms with E-state index in [-0.39, 0.29) is 24.1 Å². The smallest absolute Gasteiger partial charge is 0.311 e. The zero-order valence-electron chi connectivity index (χ0n) is 12.4. The van der Waals surface area contributed by atoms with Crippen LogP contribution in [0.5, 0.6) is 0 Å². The van der Waals surface area contributed by atoms with E-state index >= 15 is 0 Å². The maximum absolute atomic E-state index is 11.9. The highest BCUT2D eigenvalue weighted by atomic mass is 127. The zero-order valence-corrected chi connectivity index (χ0v) is 16.2. The third-order valence-electron chi connectivity index (χ3n) is 2.62. The van der Waals surface area contributed by atoms with Crippen molar-refractivity contribution in [3.8, 4) is 0 Å². The van der Waals surface area contributed by atoms with E-state index in [1.54, 1.807) is 6.92 Å². The Morgan fingerprint density at radius 3 is 2.78 bits per heavy atom. The molecule has 8 heteroatoms. The summed E-state index contributed by atoms with van der Waals surface area (Å²) in [5, 5.41) is 4.65. The van der Waals surface area contributed by atoms with Crippen LogP contribution < -0.4 is 5.32 Å². The van der Waals surface area contributed by atoms with E-state index in [2.05, 4.69) is 32.9 Å². The predicted octanol–water partition coefficient (Wildman–Crippen LogP) is 3.58. The molecule has 1 heterocycles. The number of carbonyl (C=O) groups is 2. The van der Waals surface area contributed by atoms with Crippen molar-refractivity contribution in [1.82, 2.24) is 4.98 Å². The molecule has 0 fully saturated rings. The average molecular weight is 462 g/mol. The Morgan fingerprint density at radius 2 is 2.09 bits per heavy atom. The Morgan fingerprint density at radius 1 is 1.35 bits per heavy atom. The molecular weight excluding hydrogens is 447 g/mol. The Hall–Kier alpha value is -1.13. The van der Waals surface area contributed by atoms with Gasteiger partial charge in [-0.1, -0.05) is 11.8 Å². The third-order valence-corrected chi connectivity index (χ3v) is 5.41. The molecule has 122 valence electrons. The summed E-state index contributed by atoms with van der Waals surface area (Å²) in [4.78, 5) is 27.6. The molecule has 23 heavy (non-hydrogen) atoms. The van der Waals surface area contributed by atoms with Gasteiger partial charge < -0.3 is 10.1 Å². The van der Waals surface area contributed by atoms with Crippen LogP contribution >= 0.6 is 45.7 Å². The number of ether oxygens (including phenoxy) is 1. The number of thiazole rings is 1. The highest BCUT2D eigenvalue weighted by molar-refractivity contribution is 14.1. The molecule has 0 saturated heterocycles. The molecule has 0 saturated carbocycles. The summed E-state index contributed by atoms with van der Waals surface area (Å²) in [6.07, 6.45) is 0.166. The normalized spacial score (nSPS) is 10.3. The van der Waals surface area contributed by atoms with Crippen LogP contribution in [0.2, 0.25) is 0 Å². The minimum atomic E-state index is -0.286. The maximum Gasteiger partial charge on any atom is 0.311 e. The molecule has 1 aromatic heterocycles. The van der Waals surface area contributed by atoms with E-state index in [1.165, 1.54) is 23.1 Å². The van der Waals surface area contributed by atoms with Gasteiger partial charge >= 0.3 is 5.97 Å². The second kappa shape index (κ2) is 9.24. The SMILES string of the molecule is CCOC(=O)Cc1csc(SCC(=O)Nc2ccc(I)cc2)n1. The van der Waals surface area contributed by atoms with Crippen LogP contribution in [-0.4, -0.2) is 29.2 Å². The summed E-state index contributed by atoms with van der Waals surface area (Å²) in [7, 11) is 0. The number of hydrogen-bond acceptors (Lipinski definition) is 6. The van der Waals surface area contributed by atoms with Gasteiger partial charge in [0.1, 0.15) is 0 Å². The van der Waals surface area contributed by atoms with Gasteiger partial charge in [-0.25, -0.2) is 4.98 Å². The summed E-state index contributed by atoms with van der Waals surface area (Å²) in [5.74, 6) is -0.0950. The summed E-state index contributed by atoms with van der Waals surface area (Å²) in [6.45, 7) is 2.13. The van der Waals surface area contributed by atoms with Gasteiger partial charge in [0.25, 0.3) is 0 Å². The van der Waals surface area contributed by atoms with Gasteiger partial charge in [0.05, 0.1) is 24.5 Å². The largest absolute Gasteiger partial charge is 0.466 e. The zero-order chi connectivity index (χ0) is 16.7. The summed E-state index contributed by atoms with van der Waals surface area (Å²) in [5.41, 5.74) is 1.45. The molecule has 0 spiro atoms. The quantitative estimate of drug-likeness (QED) is 0.387. The maximum atomic E-state index is 11.9. The number of anilines is 1. The summed E-state index contributed by atoms with van der Waals surface area (Å²) in [6, 6.07) is 7.61. The van der Waals surface area contributed by atoms with Crippen LogP contribution in [0.1, 0.15) is 12.6 Å². The van der Waals surface area contributed by atoms with E-state index in [0.717, 1.165) is 13.6 Å². The molecule has 0 bridgehead atoms. The van der Waals surface area contributed by atoms with Gasteiger partial charge in [-0.15, -0.1) is 11.3 Å². The molecule has 1 aromatic carbocycles. The third kappa shape index (κ3) is 6.48. The number of rotatable bonds is 7. The molecule has 5 nitrogen and oxygen atoms in total. The summed E-state index contributed by atoms with van der Waals surface area (Å²) >= 11 is 4.99. The van der Waals surface area contributed by atoms with E-state index < -0.39 is 0 Å². The Bertz CT molecular complexity index is 674. The number of nitrogens with zero attached hydrogens (tertiary/aromatic N) is 1. The van der Waals surface area contributed by atoms with Gasteiger partial charge in [-0.2, -0.15) is 0 Å². The Kier molecular flexibility index (Phi) is 7.31. The molecule has 0 aliphatic heterocycles. The van der Waals surface area contributed by atoms with Gasteiger partial charge in [0.15, 0.2) is 4.34 Å². The minimum Gasteiger partial charge on any atom is -0.466 e. The fraction of sp³-hybridized carbons (Fsp3) is 0.267. The average Bonchev–Trinajstić information content (AvgIpc) is 2.95. The number of amides is 1. The second-order valence-corrected chi connectivity index (χ2v) is 7.76. The van der Waals surface area contributed by atoms with Gasteiger partial charge in [-0.3, -0.25) is 9.59 Å². The molecule has 0 aliphatic rings. The molecule has 0 atom stereocenters. The predicted molar refractivity (Wildman–Crippen MR) is 101 cm³/mol. The van der Waals surface area contributed by atoms with Crippen molar-refractivity contribution in [3.05, 3.63) is 38.9 Å². The first kappa shape index (κ1) is 18.2. The molecular formula is C15H15IN2O3S2. The molecule has 1 amide bonds. The molecule has 0 unspecified atom stereocenters. The van der Waals surface area contributed by atoms with Gasteiger partial charge in [-0.05, 0) is 53.8 Å². The lowest BCUT2D eigenvalue weighted by molar-refractivity contribution is -0.142. The van der Waals surface area contributed by atoms with Crippen LogP contribution in [0.25, 0.3) is 0 Å². The number of carbonyl (C=O) groups excluding carboxylic acids is 2. The van der Waals surface area contributed by atoms with Crippen LogP contribution in [0.3, 0.4) is 0 Å². The number of nitrogens with one attached hydrogen (secondary N) is 1. The molecule has 0 aliphatic carbocycles. The van der Waals surface area contributed by atoms with E-state index in [9.17, 15) is 9.59 Å². The first-order valence-corrected chi connectivity index (χ1v) is 9.79. The number of benzene rings is 1. The van der Waals surface area contributed by atoms with Crippen LogP contribution in [0.15, 0.2) is 34.0 Å². The first-order chi connectivity index (χ1) is 11.1. The van der Waals surface area contributed by atoms with Crippen LogP contribution in [-0.2, 0) is 20.7 Å². The lowest BCUT2D eigenvalue weighted by atomic mass is 10.3. The minimum absolute atomic E-state index is 0.0849. The van der Waals surface area contributed by atoms with Crippen molar-refractivity contribution in [3.63, 3.8) is 0 Å². The van der Waals surface area contributed by atoms with E-state index in [4.69, 9.17) is 4.74 Å². The monoisotopic (exact) mass is 462 g/mol.